The SMILES string of the molecule is CCc1ccc(C(CC(N)C(F)(F)F)=C(F)B2OC(C)(C)C(C)(C)O2)cc1. The van der Waals surface area contributed by atoms with Crippen molar-refractivity contribution in [3.8, 4) is 0 Å². The summed E-state index contributed by atoms with van der Waals surface area (Å²) in [5.41, 5.74) is 3.96. The second kappa shape index (κ2) is 7.56. The molecule has 0 aromatic heterocycles. The van der Waals surface area contributed by atoms with Gasteiger partial charge < -0.3 is 15.0 Å². The molecule has 1 unspecified atom stereocenters. The molecule has 0 bridgehead atoms. The van der Waals surface area contributed by atoms with Gasteiger partial charge in [0.25, 0.3) is 0 Å². The normalized spacial score (nSPS) is 21.2. The lowest BCUT2D eigenvalue weighted by Gasteiger charge is -2.32. The number of nitrogens with two attached hydrogens (primary N) is 1. The van der Waals surface area contributed by atoms with Crippen LogP contribution in [0.25, 0.3) is 5.57 Å². The van der Waals surface area contributed by atoms with Gasteiger partial charge in [-0.05, 0) is 57.2 Å². The average molecular weight is 387 g/mol. The number of hydrogen-bond donors (Lipinski definition) is 1. The highest BCUT2D eigenvalue weighted by molar-refractivity contribution is 6.55. The zero-order valence-corrected chi connectivity index (χ0v) is 16.3. The number of alkyl halides is 3. The Kier molecular flexibility index (Phi) is 6.14. The summed E-state index contributed by atoms with van der Waals surface area (Å²) in [6.07, 6.45) is -4.57. The Morgan fingerprint density at radius 2 is 1.56 bits per heavy atom. The Hall–Kier alpha value is -1.38. The van der Waals surface area contributed by atoms with E-state index in [-0.39, 0.29) is 5.57 Å². The number of aryl methyl sites for hydroxylation is 1. The van der Waals surface area contributed by atoms with Crippen LogP contribution in [0.3, 0.4) is 0 Å². The van der Waals surface area contributed by atoms with E-state index in [0.717, 1.165) is 12.0 Å². The maximum absolute atomic E-state index is 15.3. The maximum Gasteiger partial charge on any atom is 0.525 e. The Labute approximate surface area is 158 Å². The quantitative estimate of drug-likeness (QED) is 0.581. The molecule has 3 nitrogen and oxygen atoms in total. The van der Waals surface area contributed by atoms with E-state index in [1.807, 2.05) is 6.92 Å². The largest absolute Gasteiger partial charge is 0.525 e. The van der Waals surface area contributed by atoms with Gasteiger partial charge in [0, 0.05) is 0 Å². The molecule has 8 heteroatoms. The third-order valence-electron chi connectivity index (χ3n) is 5.30. The number of benzene rings is 1. The average Bonchev–Trinajstić information content (AvgIpc) is 2.79. The van der Waals surface area contributed by atoms with Gasteiger partial charge in [0.05, 0.1) is 11.2 Å². The van der Waals surface area contributed by atoms with Crippen LogP contribution < -0.4 is 5.73 Å². The molecule has 1 aromatic carbocycles. The van der Waals surface area contributed by atoms with Gasteiger partial charge in [0.2, 0.25) is 0 Å². The predicted octanol–water partition coefficient (Wildman–Crippen LogP) is 4.84. The molecule has 0 amide bonds. The lowest BCUT2D eigenvalue weighted by molar-refractivity contribution is -0.146. The van der Waals surface area contributed by atoms with E-state index in [0.29, 0.717) is 5.56 Å². The van der Waals surface area contributed by atoms with Gasteiger partial charge in [0.15, 0.2) is 0 Å². The highest BCUT2D eigenvalue weighted by atomic mass is 19.4. The minimum absolute atomic E-state index is 0.152. The molecule has 1 aliphatic heterocycles. The van der Waals surface area contributed by atoms with Crippen LogP contribution in [0.5, 0.6) is 0 Å². The summed E-state index contributed by atoms with van der Waals surface area (Å²) in [5.74, 6) is 0. The Bertz CT molecular complexity index is 683. The number of hydrogen-bond acceptors (Lipinski definition) is 3. The first-order valence-corrected chi connectivity index (χ1v) is 8.94. The summed E-state index contributed by atoms with van der Waals surface area (Å²) in [4.78, 5) is 0. The van der Waals surface area contributed by atoms with E-state index in [2.05, 4.69) is 0 Å². The Morgan fingerprint density at radius 1 is 1.07 bits per heavy atom. The van der Waals surface area contributed by atoms with Crippen LogP contribution in [0.2, 0.25) is 0 Å². The molecule has 1 saturated heterocycles. The van der Waals surface area contributed by atoms with Crippen molar-refractivity contribution in [1.29, 1.82) is 0 Å². The van der Waals surface area contributed by atoms with E-state index in [4.69, 9.17) is 15.0 Å². The van der Waals surface area contributed by atoms with Crippen molar-refractivity contribution in [3.05, 3.63) is 41.1 Å². The maximum atomic E-state index is 15.3. The fourth-order valence-corrected chi connectivity index (χ4v) is 2.72. The number of halogens is 4. The molecule has 150 valence electrons. The van der Waals surface area contributed by atoms with E-state index in [1.165, 1.54) is 0 Å². The fourth-order valence-electron chi connectivity index (χ4n) is 2.72. The molecular weight excluding hydrogens is 361 g/mol. The van der Waals surface area contributed by atoms with Gasteiger partial charge in [-0.15, -0.1) is 0 Å². The topological polar surface area (TPSA) is 44.5 Å². The van der Waals surface area contributed by atoms with E-state index >= 15 is 4.39 Å². The van der Waals surface area contributed by atoms with Crippen molar-refractivity contribution in [2.24, 2.45) is 5.73 Å². The molecule has 1 fully saturated rings. The van der Waals surface area contributed by atoms with Crippen molar-refractivity contribution < 1.29 is 26.9 Å². The minimum atomic E-state index is -4.63. The number of rotatable bonds is 5. The van der Waals surface area contributed by atoms with Crippen LogP contribution in [0.15, 0.2) is 30.0 Å². The second-order valence-corrected chi connectivity index (χ2v) is 7.82. The van der Waals surface area contributed by atoms with E-state index in [9.17, 15) is 13.2 Å². The molecule has 1 aromatic rings. The van der Waals surface area contributed by atoms with Crippen LogP contribution in [0.4, 0.5) is 17.6 Å². The molecule has 0 radical (unpaired) electrons. The lowest BCUT2D eigenvalue weighted by atomic mass is 9.80. The van der Waals surface area contributed by atoms with Crippen LogP contribution in [-0.4, -0.2) is 30.5 Å². The summed E-state index contributed by atoms with van der Waals surface area (Å²) in [6, 6.07) is 4.52. The molecule has 1 atom stereocenters. The smallest absolute Gasteiger partial charge is 0.398 e. The minimum Gasteiger partial charge on any atom is -0.398 e. The van der Waals surface area contributed by atoms with Crippen molar-refractivity contribution in [3.63, 3.8) is 0 Å². The molecule has 1 aliphatic rings. The van der Waals surface area contributed by atoms with Crippen molar-refractivity contribution in [1.82, 2.24) is 0 Å². The van der Waals surface area contributed by atoms with Gasteiger partial charge in [-0.1, -0.05) is 31.2 Å². The van der Waals surface area contributed by atoms with Crippen molar-refractivity contribution >= 4 is 12.7 Å². The van der Waals surface area contributed by atoms with Crippen LogP contribution >= 0.6 is 0 Å². The third kappa shape index (κ3) is 4.73. The van der Waals surface area contributed by atoms with Gasteiger partial charge in [-0.2, -0.15) is 13.2 Å². The lowest BCUT2D eigenvalue weighted by Crippen LogP contribution is -2.41. The molecule has 0 aliphatic carbocycles. The zero-order chi connectivity index (χ0) is 20.6. The molecule has 2 N–H and O–H groups in total. The molecule has 27 heavy (non-hydrogen) atoms. The van der Waals surface area contributed by atoms with Gasteiger partial charge in [-0.25, -0.2) is 4.39 Å². The first-order valence-electron chi connectivity index (χ1n) is 8.94. The first-order chi connectivity index (χ1) is 12.3. The Balaban J connectivity index is 2.45. The molecule has 0 spiro atoms. The molecule has 1 heterocycles. The standard InChI is InChI=1S/C19H26BF4NO2/c1-6-12-7-9-13(10-8-12)14(11-15(25)19(22,23)24)16(21)20-26-17(2,3)18(4,5)27-20/h7-10,15H,6,11,25H2,1-5H3. The second-order valence-electron chi connectivity index (χ2n) is 7.82. The van der Waals surface area contributed by atoms with E-state index in [1.54, 1.807) is 52.0 Å². The van der Waals surface area contributed by atoms with Crippen molar-refractivity contribution in [2.45, 2.75) is 70.9 Å². The molecular formula is C19H26BF4NO2. The first kappa shape index (κ1) is 21.9. The summed E-state index contributed by atoms with van der Waals surface area (Å²) in [5, 5.41) is 0. The van der Waals surface area contributed by atoms with Crippen molar-refractivity contribution in [2.75, 3.05) is 0 Å². The summed E-state index contributed by atoms with van der Waals surface area (Å²) >= 11 is 0. The highest BCUT2D eigenvalue weighted by Gasteiger charge is 2.54. The summed E-state index contributed by atoms with van der Waals surface area (Å²) in [7, 11) is -1.38. The fraction of sp³-hybridized carbons (Fsp3) is 0.579. The summed E-state index contributed by atoms with van der Waals surface area (Å²) in [6.45, 7) is 8.94. The Morgan fingerprint density at radius 3 is 1.96 bits per heavy atom. The van der Waals surface area contributed by atoms with Crippen LogP contribution in [-0.2, 0) is 15.7 Å². The van der Waals surface area contributed by atoms with Gasteiger partial charge in [0.1, 0.15) is 11.8 Å². The van der Waals surface area contributed by atoms with E-state index < -0.39 is 42.7 Å². The van der Waals surface area contributed by atoms with Crippen LogP contribution in [0.1, 0.15) is 52.2 Å². The van der Waals surface area contributed by atoms with Crippen LogP contribution in [0, 0.1) is 0 Å². The monoisotopic (exact) mass is 387 g/mol. The highest BCUT2D eigenvalue weighted by Crippen LogP contribution is 2.41. The summed E-state index contributed by atoms with van der Waals surface area (Å²) < 4.78 is 65.6. The predicted molar refractivity (Wildman–Crippen MR) is 98.6 cm³/mol. The molecule has 0 saturated carbocycles. The van der Waals surface area contributed by atoms with Gasteiger partial charge in [-0.3, -0.25) is 0 Å². The third-order valence-corrected chi connectivity index (χ3v) is 5.30. The zero-order valence-electron chi connectivity index (χ0n) is 16.3. The van der Waals surface area contributed by atoms with Gasteiger partial charge >= 0.3 is 13.3 Å². The molecule has 2 rings (SSSR count).